The molecule has 2 aliphatic heterocycles. The van der Waals surface area contributed by atoms with Crippen molar-refractivity contribution in [1.82, 2.24) is 4.90 Å². The molecule has 1 aromatic rings. The predicted molar refractivity (Wildman–Crippen MR) is 91.2 cm³/mol. The number of nitrogens with zero attached hydrogens (tertiary/aromatic N) is 2. The van der Waals surface area contributed by atoms with Crippen LogP contribution < -0.4 is 4.90 Å². The molecule has 2 fully saturated rings. The van der Waals surface area contributed by atoms with E-state index in [1.54, 1.807) is 12.1 Å². The first-order valence-electron chi connectivity index (χ1n) is 8.42. The van der Waals surface area contributed by atoms with Crippen molar-refractivity contribution in [2.75, 3.05) is 42.6 Å². The maximum atomic E-state index is 13.8. The third kappa shape index (κ3) is 4.06. The van der Waals surface area contributed by atoms with E-state index in [2.05, 4.69) is 0 Å². The second kappa shape index (κ2) is 7.09. The molecule has 1 aromatic carbocycles. The topological polar surface area (TPSA) is 57.7 Å². The Morgan fingerprint density at radius 3 is 2.33 bits per heavy atom. The van der Waals surface area contributed by atoms with Crippen molar-refractivity contribution < 1.29 is 17.6 Å². The van der Waals surface area contributed by atoms with Crippen molar-refractivity contribution in [3.05, 3.63) is 30.1 Å². The highest BCUT2D eigenvalue weighted by Crippen LogP contribution is 2.24. The van der Waals surface area contributed by atoms with Crippen LogP contribution in [0.5, 0.6) is 0 Å². The Morgan fingerprint density at radius 2 is 1.71 bits per heavy atom. The molecule has 0 aromatic heterocycles. The van der Waals surface area contributed by atoms with Crippen LogP contribution in [0.2, 0.25) is 0 Å². The van der Waals surface area contributed by atoms with Crippen LogP contribution in [0, 0.1) is 11.7 Å². The second-order valence-electron chi connectivity index (χ2n) is 6.62. The molecular weight excluding hydrogens is 331 g/mol. The molecular formula is C17H23FN2O3S. The SMILES string of the molecule is O=C(CC1CCS(=O)(=O)CC1)N1CCN(c2ccccc2F)CC1. The molecule has 0 spiro atoms. The van der Waals surface area contributed by atoms with Crippen LogP contribution in [0.1, 0.15) is 19.3 Å². The molecule has 0 atom stereocenters. The molecule has 0 unspecified atom stereocenters. The first-order chi connectivity index (χ1) is 11.4. The minimum Gasteiger partial charge on any atom is -0.366 e. The van der Waals surface area contributed by atoms with Gasteiger partial charge < -0.3 is 9.80 Å². The maximum absolute atomic E-state index is 13.8. The average molecular weight is 354 g/mol. The molecule has 3 rings (SSSR count). The number of piperazine rings is 1. The van der Waals surface area contributed by atoms with Gasteiger partial charge in [0.25, 0.3) is 0 Å². The van der Waals surface area contributed by atoms with E-state index in [4.69, 9.17) is 0 Å². The lowest BCUT2D eigenvalue weighted by molar-refractivity contribution is -0.132. The van der Waals surface area contributed by atoms with E-state index in [-0.39, 0.29) is 29.1 Å². The summed E-state index contributed by atoms with van der Waals surface area (Å²) in [4.78, 5) is 16.2. The number of benzene rings is 1. The number of hydrogen-bond donors (Lipinski definition) is 0. The fraction of sp³-hybridized carbons (Fsp3) is 0.588. The zero-order chi connectivity index (χ0) is 17.2. The highest BCUT2D eigenvalue weighted by Gasteiger charge is 2.28. The second-order valence-corrected chi connectivity index (χ2v) is 8.92. The summed E-state index contributed by atoms with van der Waals surface area (Å²) in [5.41, 5.74) is 0.585. The lowest BCUT2D eigenvalue weighted by Gasteiger charge is -2.37. The summed E-state index contributed by atoms with van der Waals surface area (Å²) in [5, 5.41) is 0. The monoisotopic (exact) mass is 354 g/mol. The van der Waals surface area contributed by atoms with Crippen LogP contribution in [0.3, 0.4) is 0 Å². The highest BCUT2D eigenvalue weighted by atomic mass is 32.2. The summed E-state index contributed by atoms with van der Waals surface area (Å²) in [7, 11) is -2.89. The molecule has 0 aliphatic carbocycles. The summed E-state index contributed by atoms with van der Waals surface area (Å²) in [5.74, 6) is 0.427. The van der Waals surface area contributed by atoms with Crippen LogP contribution in [-0.4, -0.2) is 56.9 Å². The quantitative estimate of drug-likeness (QED) is 0.829. The largest absolute Gasteiger partial charge is 0.366 e. The molecule has 0 N–H and O–H groups in total. The Bertz CT molecular complexity index is 686. The standard InChI is InChI=1S/C17H23FN2O3S/c18-15-3-1-2-4-16(15)19-7-9-20(10-8-19)17(21)13-14-5-11-24(22,23)12-6-14/h1-4,14H,5-13H2. The molecule has 0 bridgehead atoms. The molecule has 2 heterocycles. The summed E-state index contributed by atoms with van der Waals surface area (Å²) in [6.07, 6.45) is 1.60. The van der Waals surface area contributed by atoms with E-state index in [0.717, 1.165) is 0 Å². The van der Waals surface area contributed by atoms with Gasteiger partial charge in [-0.1, -0.05) is 12.1 Å². The van der Waals surface area contributed by atoms with Gasteiger partial charge in [0.05, 0.1) is 17.2 Å². The molecule has 1 amide bonds. The number of para-hydroxylation sites is 1. The average Bonchev–Trinajstić information content (AvgIpc) is 2.57. The molecule has 0 radical (unpaired) electrons. The fourth-order valence-corrected chi connectivity index (χ4v) is 5.01. The Hall–Kier alpha value is -1.63. The van der Waals surface area contributed by atoms with Crippen molar-refractivity contribution in [1.29, 1.82) is 0 Å². The van der Waals surface area contributed by atoms with Gasteiger partial charge in [0.15, 0.2) is 0 Å². The number of sulfone groups is 1. The maximum Gasteiger partial charge on any atom is 0.222 e. The van der Waals surface area contributed by atoms with Crippen molar-refractivity contribution in [3.63, 3.8) is 0 Å². The third-order valence-electron chi connectivity index (χ3n) is 4.96. The number of halogens is 1. The fourth-order valence-electron chi connectivity index (χ4n) is 3.42. The van der Waals surface area contributed by atoms with Gasteiger partial charge in [-0.15, -0.1) is 0 Å². The van der Waals surface area contributed by atoms with Gasteiger partial charge in [-0.05, 0) is 30.9 Å². The number of amides is 1. The minimum atomic E-state index is -2.89. The minimum absolute atomic E-state index is 0.0903. The van der Waals surface area contributed by atoms with E-state index in [0.29, 0.717) is 51.1 Å². The Morgan fingerprint density at radius 1 is 1.08 bits per heavy atom. The number of rotatable bonds is 3. The summed E-state index contributed by atoms with van der Waals surface area (Å²) >= 11 is 0. The van der Waals surface area contributed by atoms with Gasteiger partial charge in [-0.3, -0.25) is 4.79 Å². The van der Waals surface area contributed by atoms with Gasteiger partial charge in [0.2, 0.25) is 5.91 Å². The van der Waals surface area contributed by atoms with Gasteiger partial charge in [-0.25, -0.2) is 12.8 Å². The number of carbonyl (C=O) groups is 1. The van der Waals surface area contributed by atoms with Crippen LogP contribution in [0.15, 0.2) is 24.3 Å². The van der Waals surface area contributed by atoms with E-state index >= 15 is 0 Å². The van der Waals surface area contributed by atoms with Gasteiger partial charge >= 0.3 is 0 Å². The molecule has 24 heavy (non-hydrogen) atoms. The highest BCUT2D eigenvalue weighted by molar-refractivity contribution is 7.91. The van der Waals surface area contributed by atoms with E-state index in [1.807, 2.05) is 15.9 Å². The summed E-state index contributed by atoms with van der Waals surface area (Å²) < 4.78 is 36.7. The number of hydrogen-bond acceptors (Lipinski definition) is 4. The van der Waals surface area contributed by atoms with Crippen LogP contribution in [-0.2, 0) is 14.6 Å². The zero-order valence-electron chi connectivity index (χ0n) is 13.7. The number of anilines is 1. The molecule has 2 saturated heterocycles. The molecule has 132 valence electrons. The first kappa shape index (κ1) is 17.2. The first-order valence-corrected chi connectivity index (χ1v) is 10.2. The number of carbonyl (C=O) groups excluding carboxylic acids is 1. The molecule has 0 saturated carbocycles. The van der Waals surface area contributed by atoms with Crippen LogP contribution in [0.4, 0.5) is 10.1 Å². The molecule has 2 aliphatic rings. The summed E-state index contributed by atoms with van der Waals surface area (Å²) in [6.45, 7) is 2.40. The van der Waals surface area contributed by atoms with Gasteiger partial charge in [0.1, 0.15) is 15.7 Å². The zero-order valence-corrected chi connectivity index (χ0v) is 14.5. The Labute approximate surface area is 142 Å². The predicted octanol–water partition coefficient (Wildman–Crippen LogP) is 1.69. The van der Waals surface area contributed by atoms with Gasteiger partial charge in [0, 0.05) is 32.6 Å². The van der Waals surface area contributed by atoms with Crippen LogP contribution >= 0.6 is 0 Å². The normalized spacial score (nSPS) is 21.7. The van der Waals surface area contributed by atoms with E-state index in [9.17, 15) is 17.6 Å². The molecule has 5 nitrogen and oxygen atoms in total. The van der Waals surface area contributed by atoms with E-state index < -0.39 is 9.84 Å². The van der Waals surface area contributed by atoms with Gasteiger partial charge in [-0.2, -0.15) is 0 Å². The lowest BCUT2D eigenvalue weighted by Crippen LogP contribution is -2.49. The lowest BCUT2D eigenvalue weighted by atomic mass is 9.98. The van der Waals surface area contributed by atoms with Crippen molar-refractivity contribution in [3.8, 4) is 0 Å². The van der Waals surface area contributed by atoms with Crippen molar-refractivity contribution in [2.24, 2.45) is 5.92 Å². The summed E-state index contributed by atoms with van der Waals surface area (Å²) in [6, 6.07) is 6.69. The Balaban J connectivity index is 1.50. The van der Waals surface area contributed by atoms with Crippen molar-refractivity contribution >= 4 is 21.4 Å². The smallest absolute Gasteiger partial charge is 0.222 e. The van der Waals surface area contributed by atoms with Crippen molar-refractivity contribution in [2.45, 2.75) is 19.3 Å². The van der Waals surface area contributed by atoms with Crippen LogP contribution in [0.25, 0.3) is 0 Å². The third-order valence-corrected chi connectivity index (χ3v) is 6.68. The molecule has 7 heteroatoms. The van der Waals surface area contributed by atoms with E-state index in [1.165, 1.54) is 6.07 Å². The Kier molecular flexibility index (Phi) is 5.08.